The van der Waals surface area contributed by atoms with E-state index in [0.29, 0.717) is 13.0 Å². The lowest BCUT2D eigenvalue weighted by atomic mass is 9.72. The van der Waals surface area contributed by atoms with Crippen molar-refractivity contribution in [2.75, 3.05) is 6.61 Å². The van der Waals surface area contributed by atoms with E-state index in [2.05, 4.69) is 13.8 Å². The van der Waals surface area contributed by atoms with Crippen LogP contribution in [0.1, 0.15) is 160 Å². The first kappa shape index (κ1) is 35.7. The number of esters is 1. The summed E-state index contributed by atoms with van der Waals surface area (Å²) in [6.07, 6.45) is 25.6. The molecule has 2 N–H and O–H groups in total. The third-order valence-corrected chi connectivity index (χ3v) is 8.83. The molecule has 4 nitrogen and oxygen atoms in total. The molecule has 0 aromatic heterocycles. The van der Waals surface area contributed by atoms with Gasteiger partial charge in [0, 0.05) is 11.8 Å². The summed E-state index contributed by atoms with van der Waals surface area (Å²) in [5.41, 5.74) is 2.02. The van der Waals surface area contributed by atoms with Crippen LogP contribution in [-0.4, -0.2) is 22.8 Å². The van der Waals surface area contributed by atoms with Crippen molar-refractivity contribution in [2.24, 2.45) is 0 Å². The van der Waals surface area contributed by atoms with Gasteiger partial charge in [-0.2, -0.15) is 0 Å². The number of phenols is 2. The van der Waals surface area contributed by atoms with E-state index in [-0.39, 0.29) is 22.9 Å². The number of hydrogen-bond donors (Lipinski definition) is 2. The molecule has 0 bridgehead atoms. The molecular formula is C38H60O4. The molecule has 4 heteroatoms. The van der Waals surface area contributed by atoms with Crippen molar-refractivity contribution in [3.8, 4) is 11.5 Å². The van der Waals surface area contributed by atoms with Crippen LogP contribution in [0, 0.1) is 0 Å². The summed E-state index contributed by atoms with van der Waals surface area (Å²) in [6, 6.07) is 14.8. The molecule has 0 fully saturated rings. The Bertz CT molecular complexity index is 889. The maximum Gasteiger partial charge on any atom is 0.305 e. The Morgan fingerprint density at radius 1 is 0.571 bits per heavy atom. The number of rotatable bonds is 25. The number of unbranched alkanes of at least 4 members (excludes halogenated alkanes) is 17. The third-order valence-electron chi connectivity index (χ3n) is 8.83. The van der Waals surface area contributed by atoms with Crippen molar-refractivity contribution >= 4 is 5.97 Å². The fraction of sp³-hybridized carbons (Fsp3) is 0.658. The predicted octanol–water partition coefficient (Wildman–Crippen LogP) is 11.2. The minimum absolute atomic E-state index is 0.0733. The highest BCUT2D eigenvalue weighted by Crippen LogP contribution is 2.38. The second-order valence-electron chi connectivity index (χ2n) is 12.5. The van der Waals surface area contributed by atoms with Gasteiger partial charge < -0.3 is 14.9 Å². The van der Waals surface area contributed by atoms with Crippen LogP contribution < -0.4 is 0 Å². The lowest BCUT2D eigenvalue weighted by molar-refractivity contribution is -0.143. The summed E-state index contributed by atoms with van der Waals surface area (Å²) in [6.45, 7) is 5.04. The first-order valence-electron chi connectivity index (χ1n) is 17.2. The average molecular weight is 581 g/mol. The first-order valence-corrected chi connectivity index (χ1v) is 17.2. The van der Waals surface area contributed by atoms with Gasteiger partial charge in [-0.3, -0.25) is 4.79 Å². The van der Waals surface area contributed by atoms with Crippen molar-refractivity contribution in [2.45, 2.75) is 154 Å². The molecule has 0 saturated heterocycles. The number of carbonyl (C=O) groups is 1. The van der Waals surface area contributed by atoms with E-state index < -0.39 is 0 Å². The Morgan fingerprint density at radius 3 is 1.38 bits per heavy atom. The first-order chi connectivity index (χ1) is 20.5. The van der Waals surface area contributed by atoms with Crippen LogP contribution in [0.15, 0.2) is 48.5 Å². The molecule has 236 valence electrons. The third kappa shape index (κ3) is 15.1. The highest BCUT2D eigenvalue weighted by atomic mass is 16.5. The zero-order valence-corrected chi connectivity index (χ0v) is 26.9. The maximum atomic E-state index is 12.2. The zero-order valence-electron chi connectivity index (χ0n) is 26.9. The second-order valence-corrected chi connectivity index (χ2v) is 12.5. The van der Waals surface area contributed by atoms with E-state index in [4.69, 9.17) is 4.74 Å². The zero-order chi connectivity index (χ0) is 30.3. The highest BCUT2D eigenvalue weighted by Gasteiger charge is 2.28. The molecule has 2 rings (SSSR count). The average Bonchev–Trinajstić information content (AvgIpc) is 2.99. The summed E-state index contributed by atoms with van der Waals surface area (Å²) in [4.78, 5) is 12.2. The van der Waals surface area contributed by atoms with Crippen molar-refractivity contribution in [3.05, 3.63) is 59.7 Å². The summed E-state index contributed by atoms with van der Waals surface area (Å²) in [5.74, 6) is 0.436. The van der Waals surface area contributed by atoms with E-state index in [1.54, 1.807) is 24.3 Å². The number of ether oxygens (including phenoxy) is 1. The molecule has 0 aliphatic heterocycles. The largest absolute Gasteiger partial charge is 0.508 e. The van der Waals surface area contributed by atoms with Crippen LogP contribution in [0.3, 0.4) is 0 Å². The maximum absolute atomic E-state index is 12.2. The molecule has 2 aromatic carbocycles. The van der Waals surface area contributed by atoms with Crippen molar-refractivity contribution in [3.63, 3.8) is 0 Å². The minimum atomic E-state index is -0.241. The molecule has 0 radical (unpaired) electrons. The molecule has 42 heavy (non-hydrogen) atoms. The smallest absolute Gasteiger partial charge is 0.305 e. The monoisotopic (exact) mass is 580 g/mol. The van der Waals surface area contributed by atoms with Gasteiger partial charge >= 0.3 is 5.97 Å². The van der Waals surface area contributed by atoms with Crippen LogP contribution in [0.2, 0.25) is 0 Å². The van der Waals surface area contributed by atoms with Gasteiger partial charge in [0.15, 0.2) is 0 Å². The van der Waals surface area contributed by atoms with Gasteiger partial charge in [-0.25, -0.2) is 0 Å². The summed E-state index contributed by atoms with van der Waals surface area (Å²) >= 11 is 0. The topological polar surface area (TPSA) is 66.8 Å². The Morgan fingerprint density at radius 2 is 0.952 bits per heavy atom. The van der Waals surface area contributed by atoms with E-state index in [9.17, 15) is 15.0 Å². The fourth-order valence-electron chi connectivity index (χ4n) is 5.95. The molecule has 0 aliphatic carbocycles. The molecule has 0 heterocycles. The molecular weight excluding hydrogens is 520 g/mol. The molecule has 0 aliphatic rings. The quantitative estimate of drug-likeness (QED) is 0.0905. The molecule has 2 aromatic rings. The van der Waals surface area contributed by atoms with Gasteiger partial charge in [0.1, 0.15) is 11.5 Å². The van der Waals surface area contributed by atoms with E-state index in [1.807, 2.05) is 24.3 Å². The Kier molecular flexibility index (Phi) is 18.8. The Balaban J connectivity index is 1.47. The van der Waals surface area contributed by atoms with Crippen LogP contribution in [0.4, 0.5) is 0 Å². The van der Waals surface area contributed by atoms with Gasteiger partial charge in [0.2, 0.25) is 0 Å². The van der Waals surface area contributed by atoms with E-state index >= 15 is 0 Å². The standard InChI is InChI=1S/C38H60O4/c1-3-4-5-6-7-8-9-10-11-12-13-14-15-16-17-21-32-42-37(41)22-19-18-20-31-38(2,33-23-27-35(39)28-24-33)34-25-29-36(40)30-26-34/h23-30,39-40H,3-22,31-32H2,1-2H3. The fourth-order valence-corrected chi connectivity index (χ4v) is 5.95. The SMILES string of the molecule is CCCCCCCCCCCCCCCCCCOC(=O)CCCCCC(C)(c1ccc(O)cc1)c1ccc(O)cc1. The summed E-state index contributed by atoms with van der Waals surface area (Å²) < 4.78 is 5.48. The van der Waals surface area contributed by atoms with Crippen molar-refractivity contribution < 1.29 is 19.7 Å². The van der Waals surface area contributed by atoms with Crippen molar-refractivity contribution in [1.82, 2.24) is 0 Å². The van der Waals surface area contributed by atoms with Crippen LogP contribution in [0.5, 0.6) is 11.5 Å². The van der Waals surface area contributed by atoms with E-state index in [0.717, 1.165) is 49.7 Å². The molecule has 0 saturated carbocycles. The molecule has 0 spiro atoms. The van der Waals surface area contributed by atoms with Crippen LogP contribution in [-0.2, 0) is 14.9 Å². The van der Waals surface area contributed by atoms with Gasteiger partial charge in [-0.1, -0.05) is 147 Å². The lowest BCUT2D eigenvalue weighted by Crippen LogP contribution is -2.23. The van der Waals surface area contributed by atoms with Gasteiger partial charge in [-0.15, -0.1) is 0 Å². The predicted molar refractivity (Wildman–Crippen MR) is 176 cm³/mol. The number of hydrogen-bond acceptors (Lipinski definition) is 4. The van der Waals surface area contributed by atoms with Crippen molar-refractivity contribution in [1.29, 1.82) is 0 Å². The van der Waals surface area contributed by atoms with Gasteiger partial charge in [0.05, 0.1) is 6.61 Å². The van der Waals surface area contributed by atoms with Gasteiger partial charge in [-0.05, 0) is 54.7 Å². The molecule has 0 unspecified atom stereocenters. The Hall–Kier alpha value is -2.49. The number of aromatic hydroxyl groups is 2. The van der Waals surface area contributed by atoms with Crippen LogP contribution >= 0.6 is 0 Å². The summed E-state index contributed by atoms with van der Waals surface area (Å²) in [7, 11) is 0. The highest BCUT2D eigenvalue weighted by molar-refractivity contribution is 5.69. The van der Waals surface area contributed by atoms with Crippen LogP contribution in [0.25, 0.3) is 0 Å². The van der Waals surface area contributed by atoms with E-state index in [1.165, 1.54) is 89.9 Å². The molecule has 0 amide bonds. The number of phenolic OH excluding ortho intramolecular Hbond substituents is 2. The second kappa shape index (κ2) is 22.1. The summed E-state index contributed by atoms with van der Waals surface area (Å²) in [5, 5.41) is 19.5. The molecule has 0 atom stereocenters. The van der Waals surface area contributed by atoms with Gasteiger partial charge in [0.25, 0.3) is 0 Å². The number of benzene rings is 2. The minimum Gasteiger partial charge on any atom is -0.508 e. The number of carbonyl (C=O) groups excluding carboxylic acids is 1. The normalized spacial score (nSPS) is 11.6. The lowest BCUT2D eigenvalue weighted by Gasteiger charge is -2.31. The Labute approximate surface area is 257 Å².